The van der Waals surface area contributed by atoms with E-state index in [4.69, 9.17) is 4.74 Å². The van der Waals surface area contributed by atoms with Gasteiger partial charge in [-0.15, -0.1) is 0 Å². The fourth-order valence-electron chi connectivity index (χ4n) is 2.88. The van der Waals surface area contributed by atoms with E-state index in [0.29, 0.717) is 0 Å². The molecule has 1 atom stereocenters. The van der Waals surface area contributed by atoms with E-state index >= 15 is 0 Å². The number of nitrogens with zero attached hydrogens (tertiary/aromatic N) is 1. The second-order valence-corrected chi connectivity index (χ2v) is 6.38. The third-order valence-electron chi connectivity index (χ3n) is 3.95. The Morgan fingerprint density at radius 2 is 1.80 bits per heavy atom. The quantitative estimate of drug-likeness (QED) is 0.711. The van der Waals surface area contributed by atoms with E-state index in [9.17, 15) is 0 Å². The molecule has 2 aliphatic heterocycles. The van der Waals surface area contributed by atoms with Gasteiger partial charge >= 0.3 is 0 Å². The maximum Gasteiger partial charge on any atom is 0.258 e. The summed E-state index contributed by atoms with van der Waals surface area (Å²) >= 11 is 1.77. The number of thioether (sulfide) groups is 1. The fraction of sp³-hybridized carbons (Fsp3) is 0.176. The molecule has 20 heavy (non-hydrogen) atoms. The molecule has 2 aromatic rings. The van der Waals surface area contributed by atoms with Gasteiger partial charge in [0.05, 0.1) is 5.69 Å². The minimum absolute atomic E-state index is 0.446. The number of rotatable bonds is 0. The fourth-order valence-corrected chi connectivity index (χ4v) is 4.22. The van der Waals surface area contributed by atoms with Crippen LogP contribution in [-0.4, -0.2) is 12.1 Å². The van der Waals surface area contributed by atoms with Crippen molar-refractivity contribution >= 4 is 23.5 Å². The molecule has 2 nitrogen and oxygen atoms in total. The van der Waals surface area contributed by atoms with Crippen molar-refractivity contribution in [2.75, 3.05) is 11.9 Å². The van der Waals surface area contributed by atoms with Gasteiger partial charge in [0.15, 0.2) is 0 Å². The molecule has 0 aliphatic carbocycles. The zero-order valence-corrected chi connectivity index (χ0v) is 12.3. The highest BCUT2D eigenvalue weighted by Crippen LogP contribution is 2.55. The van der Waals surface area contributed by atoms with Crippen molar-refractivity contribution in [2.24, 2.45) is 0 Å². The summed E-state index contributed by atoms with van der Waals surface area (Å²) < 4.78 is 6.41. The Morgan fingerprint density at radius 3 is 2.65 bits per heavy atom. The van der Waals surface area contributed by atoms with Crippen LogP contribution in [0.2, 0.25) is 0 Å². The summed E-state index contributed by atoms with van der Waals surface area (Å²) in [5.74, 6) is 0.949. The largest absolute Gasteiger partial charge is 0.454 e. The summed E-state index contributed by atoms with van der Waals surface area (Å²) in [4.78, 5) is 3.50. The third kappa shape index (κ3) is 1.47. The Balaban J connectivity index is 1.86. The van der Waals surface area contributed by atoms with Gasteiger partial charge in [-0.2, -0.15) is 0 Å². The smallest absolute Gasteiger partial charge is 0.258 e. The van der Waals surface area contributed by atoms with Gasteiger partial charge in [0.2, 0.25) is 0 Å². The predicted octanol–water partition coefficient (Wildman–Crippen LogP) is 4.38. The van der Waals surface area contributed by atoms with Crippen LogP contribution in [0.3, 0.4) is 0 Å². The molecule has 1 unspecified atom stereocenters. The summed E-state index contributed by atoms with van der Waals surface area (Å²) in [6, 6.07) is 16.7. The number of hydrogen-bond donors (Lipinski definition) is 0. The summed E-state index contributed by atoms with van der Waals surface area (Å²) in [6.45, 7) is 2.14. The minimum Gasteiger partial charge on any atom is -0.454 e. The highest BCUT2D eigenvalue weighted by molar-refractivity contribution is 8.01. The lowest BCUT2D eigenvalue weighted by atomic mass is 10.1. The number of hydrogen-bond acceptors (Lipinski definition) is 3. The predicted molar refractivity (Wildman–Crippen MR) is 84.2 cm³/mol. The summed E-state index contributed by atoms with van der Waals surface area (Å²) in [5, 5.41) is -0.446. The van der Waals surface area contributed by atoms with Gasteiger partial charge in [-0.1, -0.05) is 30.3 Å². The van der Waals surface area contributed by atoms with Crippen molar-refractivity contribution in [3.8, 4) is 5.75 Å². The molecule has 0 saturated carbocycles. The van der Waals surface area contributed by atoms with E-state index in [1.54, 1.807) is 11.8 Å². The first-order valence-corrected chi connectivity index (χ1v) is 7.51. The lowest BCUT2D eigenvalue weighted by Crippen LogP contribution is -2.48. The van der Waals surface area contributed by atoms with Crippen molar-refractivity contribution in [3.63, 3.8) is 0 Å². The van der Waals surface area contributed by atoms with Gasteiger partial charge in [-0.3, -0.25) is 0 Å². The lowest BCUT2D eigenvalue weighted by Gasteiger charge is -2.40. The molecule has 0 amide bonds. The third-order valence-corrected chi connectivity index (χ3v) is 5.48. The molecule has 0 saturated heterocycles. The number of ether oxygens (including phenoxy) is 1. The van der Waals surface area contributed by atoms with Crippen LogP contribution in [-0.2, 0) is 0 Å². The maximum absolute atomic E-state index is 6.41. The molecule has 0 fully saturated rings. The molecule has 100 valence electrons. The van der Waals surface area contributed by atoms with Crippen LogP contribution >= 0.6 is 11.8 Å². The van der Waals surface area contributed by atoms with Crippen LogP contribution in [0.15, 0.2) is 59.0 Å². The highest BCUT2D eigenvalue weighted by Gasteiger charge is 2.48. The highest BCUT2D eigenvalue weighted by atomic mass is 32.2. The van der Waals surface area contributed by atoms with Crippen molar-refractivity contribution in [2.45, 2.75) is 16.9 Å². The molecule has 2 aliphatic rings. The van der Waals surface area contributed by atoms with Crippen LogP contribution in [0.5, 0.6) is 5.75 Å². The van der Waals surface area contributed by atoms with Gasteiger partial charge in [0, 0.05) is 23.1 Å². The second kappa shape index (κ2) is 4.06. The van der Waals surface area contributed by atoms with E-state index < -0.39 is 5.06 Å². The van der Waals surface area contributed by atoms with Crippen molar-refractivity contribution in [1.29, 1.82) is 0 Å². The molecular formula is C17H15NOS. The van der Waals surface area contributed by atoms with Gasteiger partial charge in [-0.05, 0) is 43.0 Å². The molecule has 1 spiro atoms. The van der Waals surface area contributed by atoms with E-state index in [2.05, 4.69) is 55.3 Å². The number of fused-ring (bicyclic) bond motifs is 2. The minimum atomic E-state index is -0.446. The molecule has 0 bridgehead atoms. The summed E-state index contributed by atoms with van der Waals surface area (Å²) in [7, 11) is 2.10. The lowest BCUT2D eigenvalue weighted by molar-refractivity contribution is 0.202. The zero-order valence-electron chi connectivity index (χ0n) is 11.5. The molecule has 2 heterocycles. The van der Waals surface area contributed by atoms with E-state index in [1.165, 1.54) is 16.2 Å². The maximum atomic E-state index is 6.41. The topological polar surface area (TPSA) is 12.5 Å². The first kappa shape index (κ1) is 11.9. The van der Waals surface area contributed by atoms with Crippen LogP contribution < -0.4 is 9.64 Å². The van der Waals surface area contributed by atoms with Crippen molar-refractivity contribution in [3.05, 3.63) is 59.7 Å². The Kier molecular flexibility index (Phi) is 2.42. The molecule has 2 aromatic carbocycles. The standard InChI is InChI=1S/C17H15NOS/c1-12-11-13-7-3-5-9-15(13)19-17(12)18(2)14-8-4-6-10-16(14)20-17/h3-11H,1-2H3. The van der Waals surface area contributed by atoms with Crippen LogP contribution in [0.1, 0.15) is 12.5 Å². The molecular weight excluding hydrogens is 266 g/mol. The number of benzene rings is 2. The average Bonchev–Trinajstić information content (AvgIpc) is 2.75. The number of likely N-dealkylation sites (N-methyl/N-ethyl adjacent to an activating group) is 1. The van der Waals surface area contributed by atoms with Crippen LogP contribution in [0.4, 0.5) is 5.69 Å². The van der Waals surface area contributed by atoms with Crippen LogP contribution in [0, 0.1) is 0 Å². The Labute approximate surface area is 123 Å². The number of anilines is 1. The van der Waals surface area contributed by atoms with Gasteiger partial charge in [0.1, 0.15) is 5.75 Å². The van der Waals surface area contributed by atoms with E-state index in [-0.39, 0.29) is 0 Å². The van der Waals surface area contributed by atoms with Crippen molar-refractivity contribution in [1.82, 2.24) is 0 Å². The molecule has 0 radical (unpaired) electrons. The first-order valence-electron chi connectivity index (χ1n) is 6.69. The average molecular weight is 281 g/mol. The normalized spacial score (nSPS) is 23.1. The van der Waals surface area contributed by atoms with Crippen LogP contribution in [0.25, 0.3) is 6.08 Å². The molecule has 0 N–H and O–H groups in total. The zero-order chi connectivity index (χ0) is 13.7. The van der Waals surface area contributed by atoms with Gasteiger partial charge in [0.25, 0.3) is 5.06 Å². The number of para-hydroxylation sites is 2. The Morgan fingerprint density at radius 1 is 1.05 bits per heavy atom. The molecule has 3 heteroatoms. The summed E-state index contributed by atoms with van der Waals surface area (Å²) in [6.07, 6.45) is 2.23. The van der Waals surface area contributed by atoms with Crippen molar-refractivity contribution < 1.29 is 4.74 Å². The Bertz CT molecular complexity index is 724. The first-order chi connectivity index (χ1) is 9.71. The molecule has 4 rings (SSSR count). The monoisotopic (exact) mass is 281 g/mol. The second-order valence-electron chi connectivity index (χ2n) is 5.18. The van der Waals surface area contributed by atoms with Gasteiger partial charge < -0.3 is 9.64 Å². The van der Waals surface area contributed by atoms with E-state index in [0.717, 1.165) is 11.3 Å². The molecule has 0 aromatic heterocycles. The SMILES string of the molecule is CC1=Cc2ccccc2OC12Sc1ccccc1N2C. The Hall–Kier alpha value is -1.87. The van der Waals surface area contributed by atoms with E-state index in [1.807, 2.05) is 18.2 Å². The summed E-state index contributed by atoms with van der Waals surface area (Å²) in [5.41, 5.74) is 3.60. The van der Waals surface area contributed by atoms with Gasteiger partial charge in [-0.25, -0.2) is 0 Å².